The molecule has 0 amide bonds. The van der Waals surface area contributed by atoms with Crippen LogP contribution >= 0.6 is 23.2 Å². The van der Waals surface area contributed by atoms with Gasteiger partial charge in [0, 0.05) is 24.3 Å². The number of rotatable bonds is 7. The minimum atomic E-state index is -0.0894. The van der Waals surface area contributed by atoms with E-state index in [0.717, 1.165) is 32.0 Å². The zero-order valence-electron chi connectivity index (χ0n) is 16.7. The Morgan fingerprint density at radius 2 is 1.81 bits per heavy atom. The molecule has 1 saturated heterocycles. The SMILES string of the molecule is O=C(/C=C/c1ccc(COc2cccc(Cl)c2Cl)o1)c1ccc(N2CCOCC2)cc1. The summed E-state index contributed by atoms with van der Waals surface area (Å²) >= 11 is 12.1. The number of hydrogen-bond donors (Lipinski definition) is 0. The Kier molecular flexibility index (Phi) is 6.97. The summed E-state index contributed by atoms with van der Waals surface area (Å²) in [6, 6.07) is 16.4. The van der Waals surface area contributed by atoms with Crippen molar-refractivity contribution >= 4 is 40.7 Å². The summed E-state index contributed by atoms with van der Waals surface area (Å²) in [5.74, 6) is 1.57. The Morgan fingerprint density at radius 3 is 2.58 bits per heavy atom. The fraction of sp³-hybridized carbons (Fsp3) is 0.208. The highest BCUT2D eigenvalue weighted by atomic mass is 35.5. The zero-order chi connectivity index (χ0) is 21.6. The van der Waals surface area contributed by atoms with E-state index in [2.05, 4.69) is 4.90 Å². The number of anilines is 1. The van der Waals surface area contributed by atoms with E-state index < -0.39 is 0 Å². The van der Waals surface area contributed by atoms with Gasteiger partial charge in [0.25, 0.3) is 0 Å². The first-order valence-electron chi connectivity index (χ1n) is 9.91. The maximum atomic E-state index is 12.5. The average molecular weight is 458 g/mol. The van der Waals surface area contributed by atoms with E-state index in [1.807, 2.05) is 24.3 Å². The van der Waals surface area contributed by atoms with Crippen LogP contribution in [0.1, 0.15) is 21.9 Å². The highest BCUT2D eigenvalue weighted by Gasteiger charge is 2.12. The van der Waals surface area contributed by atoms with E-state index in [1.165, 1.54) is 6.08 Å². The van der Waals surface area contributed by atoms with Crippen LogP contribution in [0.4, 0.5) is 5.69 Å². The highest BCUT2D eigenvalue weighted by Crippen LogP contribution is 2.32. The smallest absolute Gasteiger partial charge is 0.185 e. The fourth-order valence-corrected chi connectivity index (χ4v) is 3.56. The predicted octanol–water partition coefficient (Wildman–Crippen LogP) is 5.90. The number of halogens is 2. The molecule has 31 heavy (non-hydrogen) atoms. The molecule has 2 aromatic carbocycles. The molecule has 2 heterocycles. The van der Waals surface area contributed by atoms with Crippen LogP contribution in [-0.2, 0) is 11.3 Å². The third-order valence-corrected chi connectivity index (χ3v) is 5.70. The Bertz CT molecular complexity index is 1070. The summed E-state index contributed by atoms with van der Waals surface area (Å²) < 4.78 is 16.7. The van der Waals surface area contributed by atoms with Gasteiger partial charge in [0.05, 0.1) is 18.2 Å². The van der Waals surface area contributed by atoms with Crippen LogP contribution in [0.2, 0.25) is 10.0 Å². The number of carbonyl (C=O) groups excluding carboxylic acids is 1. The molecule has 7 heteroatoms. The maximum absolute atomic E-state index is 12.5. The van der Waals surface area contributed by atoms with Crippen LogP contribution in [0.3, 0.4) is 0 Å². The number of benzene rings is 2. The summed E-state index contributed by atoms with van der Waals surface area (Å²) in [5, 5.41) is 0.791. The second-order valence-electron chi connectivity index (χ2n) is 6.99. The molecule has 1 aromatic heterocycles. The van der Waals surface area contributed by atoms with Crippen LogP contribution in [0.15, 0.2) is 65.1 Å². The molecule has 0 aliphatic carbocycles. The summed E-state index contributed by atoms with van der Waals surface area (Å²) in [4.78, 5) is 14.7. The van der Waals surface area contributed by atoms with Gasteiger partial charge < -0.3 is 18.8 Å². The molecule has 0 radical (unpaired) electrons. The summed E-state index contributed by atoms with van der Waals surface area (Å²) in [6.07, 6.45) is 3.15. The highest BCUT2D eigenvalue weighted by molar-refractivity contribution is 6.42. The van der Waals surface area contributed by atoms with Crippen molar-refractivity contribution in [1.82, 2.24) is 0 Å². The molecular formula is C24H21Cl2NO4. The quantitative estimate of drug-likeness (QED) is 0.326. The van der Waals surface area contributed by atoms with Crippen LogP contribution in [0, 0.1) is 0 Å². The van der Waals surface area contributed by atoms with Crippen LogP contribution in [0.5, 0.6) is 5.75 Å². The number of hydrogen-bond acceptors (Lipinski definition) is 5. The van der Waals surface area contributed by atoms with Crippen molar-refractivity contribution in [3.63, 3.8) is 0 Å². The molecule has 0 N–H and O–H groups in total. The monoisotopic (exact) mass is 457 g/mol. The number of nitrogens with zero attached hydrogens (tertiary/aromatic N) is 1. The van der Waals surface area contributed by atoms with Gasteiger partial charge in [-0.05, 0) is 60.7 Å². The Hall–Kier alpha value is -2.73. The molecule has 0 bridgehead atoms. The minimum absolute atomic E-state index is 0.0894. The Morgan fingerprint density at radius 1 is 1.03 bits per heavy atom. The molecule has 0 atom stereocenters. The molecule has 3 aromatic rings. The molecule has 4 rings (SSSR count). The van der Waals surface area contributed by atoms with Crippen molar-refractivity contribution < 1.29 is 18.7 Å². The summed E-state index contributed by atoms with van der Waals surface area (Å²) in [6.45, 7) is 3.38. The third-order valence-electron chi connectivity index (χ3n) is 4.90. The lowest BCUT2D eigenvalue weighted by Crippen LogP contribution is -2.36. The number of allylic oxidation sites excluding steroid dienone is 1. The molecule has 1 fully saturated rings. The molecule has 1 aliphatic heterocycles. The van der Waals surface area contributed by atoms with Gasteiger partial charge in [0.15, 0.2) is 5.78 Å². The lowest BCUT2D eigenvalue weighted by molar-refractivity contribution is 0.104. The minimum Gasteiger partial charge on any atom is -0.484 e. The Balaban J connectivity index is 1.34. The second-order valence-corrected chi connectivity index (χ2v) is 7.77. The van der Waals surface area contributed by atoms with E-state index in [-0.39, 0.29) is 12.4 Å². The summed E-state index contributed by atoms with van der Waals surface area (Å²) in [7, 11) is 0. The molecule has 0 unspecified atom stereocenters. The van der Waals surface area contributed by atoms with Crippen LogP contribution < -0.4 is 9.64 Å². The third kappa shape index (κ3) is 5.50. The number of ketones is 1. The molecule has 5 nitrogen and oxygen atoms in total. The van der Waals surface area contributed by atoms with Gasteiger partial charge in [0.2, 0.25) is 0 Å². The average Bonchev–Trinajstić information content (AvgIpc) is 3.27. The number of ether oxygens (including phenoxy) is 2. The molecular weight excluding hydrogens is 437 g/mol. The topological polar surface area (TPSA) is 51.9 Å². The van der Waals surface area contributed by atoms with Crippen molar-refractivity contribution in [1.29, 1.82) is 0 Å². The van der Waals surface area contributed by atoms with E-state index >= 15 is 0 Å². The van der Waals surface area contributed by atoms with Crippen molar-refractivity contribution in [2.24, 2.45) is 0 Å². The number of morpholine rings is 1. The number of carbonyl (C=O) groups is 1. The van der Waals surface area contributed by atoms with Gasteiger partial charge in [-0.3, -0.25) is 4.79 Å². The van der Waals surface area contributed by atoms with Crippen molar-refractivity contribution in [3.05, 3.63) is 87.8 Å². The standard InChI is InChI=1S/C24H21Cl2NO4/c25-21-2-1-3-23(24(21)26)30-16-20-9-8-19(31-20)10-11-22(28)17-4-6-18(7-5-17)27-12-14-29-15-13-27/h1-11H,12-16H2/b11-10+. The van der Waals surface area contributed by atoms with Gasteiger partial charge in [-0.25, -0.2) is 0 Å². The molecule has 160 valence electrons. The molecule has 0 saturated carbocycles. The van der Waals surface area contributed by atoms with E-state index in [1.54, 1.807) is 36.4 Å². The van der Waals surface area contributed by atoms with Crippen molar-refractivity contribution in [2.45, 2.75) is 6.61 Å². The van der Waals surface area contributed by atoms with Crippen LogP contribution in [0.25, 0.3) is 6.08 Å². The van der Waals surface area contributed by atoms with Gasteiger partial charge in [0.1, 0.15) is 28.9 Å². The molecule has 0 spiro atoms. The lowest BCUT2D eigenvalue weighted by Gasteiger charge is -2.28. The van der Waals surface area contributed by atoms with E-state index in [9.17, 15) is 4.79 Å². The van der Waals surface area contributed by atoms with Crippen LogP contribution in [-0.4, -0.2) is 32.1 Å². The van der Waals surface area contributed by atoms with Gasteiger partial charge in [-0.1, -0.05) is 29.3 Å². The van der Waals surface area contributed by atoms with Crippen molar-refractivity contribution in [2.75, 3.05) is 31.2 Å². The normalized spacial score (nSPS) is 14.2. The number of furan rings is 1. The predicted molar refractivity (Wildman–Crippen MR) is 122 cm³/mol. The maximum Gasteiger partial charge on any atom is 0.185 e. The second kappa shape index (κ2) is 10.1. The van der Waals surface area contributed by atoms with Gasteiger partial charge in [-0.2, -0.15) is 0 Å². The first kappa shape index (κ1) is 21.5. The molecule has 1 aliphatic rings. The summed E-state index contributed by atoms with van der Waals surface area (Å²) in [5.41, 5.74) is 1.72. The Labute approximate surface area is 190 Å². The van der Waals surface area contributed by atoms with E-state index in [0.29, 0.717) is 32.9 Å². The van der Waals surface area contributed by atoms with E-state index in [4.69, 9.17) is 37.1 Å². The first-order chi connectivity index (χ1) is 15.1. The van der Waals surface area contributed by atoms with Gasteiger partial charge in [-0.15, -0.1) is 0 Å². The fourth-order valence-electron chi connectivity index (χ4n) is 3.22. The zero-order valence-corrected chi connectivity index (χ0v) is 18.2. The lowest BCUT2D eigenvalue weighted by atomic mass is 10.1. The van der Waals surface area contributed by atoms with Gasteiger partial charge >= 0.3 is 0 Å². The first-order valence-corrected chi connectivity index (χ1v) is 10.7. The van der Waals surface area contributed by atoms with Crippen molar-refractivity contribution in [3.8, 4) is 5.75 Å². The largest absolute Gasteiger partial charge is 0.484 e.